The predicted molar refractivity (Wildman–Crippen MR) is 78.6 cm³/mol. The van der Waals surface area contributed by atoms with Gasteiger partial charge in [0.2, 0.25) is 0 Å². The summed E-state index contributed by atoms with van der Waals surface area (Å²) in [6, 6.07) is 8.14. The SMILES string of the molecule is CC(C)(C)S(=O)CCNCc1ccccc1Br. The van der Waals surface area contributed by atoms with Gasteiger partial charge in [0.25, 0.3) is 0 Å². The molecule has 4 heteroatoms. The van der Waals surface area contributed by atoms with Crippen molar-refractivity contribution in [3.8, 4) is 0 Å². The molecule has 0 bridgehead atoms. The van der Waals surface area contributed by atoms with Gasteiger partial charge in [-0.05, 0) is 32.4 Å². The highest BCUT2D eigenvalue weighted by Gasteiger charge is 2.18. The quantitative estimate of drug-likeness (QED) is 0.845. The molecule has 0 aliphatic heterocycles. The van der Waals surface area contributed by atoms with Crippen LogP contribution >= 0.6 is 15.9 Å². The summed E-state index contributed by atoms with van der Waals surface area (Å²) in [6.45, 7) is 7.62. The van der Waals surface area contributed by atoms with Crippen LogP contribution in [0.15, 0.2) is 28.7 Å². The Hall–Kier alpha value is -0.190. The third kappa shape index (κ3) is 5.32. The van der Waals surface area contributed by atoms with Crippen LogP contribution in [0.1, 0.15) is 26.3 Å². The first kappa shape index (κ1) is 14.9. The molecule has 1 rings (SSSR count). The summed E-state index contributed by atoms with van der Waals surface area (Å²) in [5, 5.41) is 3.32. The van der Waals surface area contributed by atoms with Crippen LogP contribution in [-0.2, 0) is 17.3 Å². The fourth-order valence-electron chi connectivity index (χ4n) is 1.34. The summed E-state index contributed by atoms with van der Waals surface area (Å²) < 4.78 is 12.8. The first-order valence-corrected chi connectivity index (χ1v) is 7.85. The molecule has 0 aromatic heterocycles. The molecule has 1 atom stereocenters. The minimum atomic E-state index is -0.775. The average Bonchev–Trinajstić information content (AvgIpc) is 2.25. The van der Waals surface area contributed by atoms with Gasteiger partial charge < -0.3 is 5.32 Å². The zero-order chi connectivity index (χ0) is 12.9. The van der Waals surface area contributed by atoms with Gasteiger partial charge in [-0.25, -0.2) is 0 Å². The van der Waals surface area contributed by atoms with Crippen LogP contribution in [0.4, 0.5) is 0 Å². The normalized spacial score (nSPS) is 13.6. The number of benzene rings is 1. The molecule has 0 radical (unpaired) electrons. The van der Waals surface area contributed by atoms with Crippen molar-refractivity contribution >= 4 is 26.7 Å². The summed E-state index contributed by atoms with van der Waals surface area (Å²) in [4.78, 5) is 0. The summed E-state index contributed by atoms with van der Waals surface area (Å²) in [7, 11) is -0.775. The number of nitrogens with one attached hydrogen (secondary N) is 1. The standard InChI is InChI=1S/C13H20BrNOS/c1-13(2,3)17(16)9-8-15-10-11-6-4-5-7-12(11)14/h4-7,15H,8-10H2,1-3H3. The Bertz CT molecular complexity index is 387. The highest BCUT2D eigenvalue weighted by Crippen LogP contribution is 2.15. The third-order valence-corrected chi connectivity index (χ3v) is 5.14. The minimum Gasteiger partial charge on any atom is -0.312 e. The summed E-state index contributed by atoms with van der Waals surface area (Å²) in [6.07, 6.45) is 0. The van der Waals surface area contributed by atoms with Crippen LogP contribution in [0.25, 0.3) is 0 Å². The van der Waals surface area contributed by atoms with E-state index in [2.05, 4.69) is 27.3 Å². The molecule has 0 aliphatic rings. The molecule has 1 N–H and O–H groups in total. The molecule has 1 aromatic rings. The van der Waals surface area contributed by atoms with Gasteiger partial charge >= 0.3 is 0 Å². The van der Waals surface area contributed by atoms with Crippen LogP contribution in [0.5, 0.6) is 0 Å². The number of hydrogen-bond acceptors (Lipinski definition) is 2. The summed E-state index contributed by atoms with van der Waals surface area (Å²) in [5.74, 6) is 0.702. The second-order valence-corrected chi connectivity index (χ2v) is 8.11. The minimum absolute atomic E-state index is 0.116. The van der Waals surface area contributed by atoms with Crippen molar-refractivity contribution in [1.29, 1.82) is 0 Å². The molecule has 0 saturated heterocycles. The lowest BCUT2D eigenvalue weighted by atomic mass is 10.2. The van der Waals surface area contributed by atoms with Gasteiger partial charge in [-0.2, -0.15) is 0 Å². The zero-order valence-electron chi connectivity index (χ0n) is 10.6. The van der Waals surface area contributed by atoms with Gasteiger partial charge in [-0.3, -0.25) is 4.21 Å². The van der Waals surface area contributed by atoms with E-state index in [-0.39, 0.29) is 4.75 Å². The lowest BCUT2D eigenvalue weighted by Gasteiger charge is -2.17. The summed E-state index contributed by atoms with van der Waals surface area (Å²) >= 11 is 3.51. The first-order valence-electron chi connectivity index (χ1n) is 5.74. The van der Waals surface area contributed by atoms with E-state index in [9.17, 15) is 4.21 Å². The lowest BCUT2D eigenvalue weighted by Crippen LogP contribution is -2.29. The Morgan fingerprint density at radius 3 is 2.53 bits per heavy atom. The first-order chi connectivity index (χ1) is 7.91. The third-order valence-electron chi connectivity index (χ3n) is 2.42. The Kier molecular flexibility index (Phi) is 5.83. The highest BCUT2D eigenvalue weighted by atomic mass is 79.9. The molecular weight excluding hydrogens is 298 g/mol. The maximum atomic E-state index is 11.8. The van der Waals surface area contributed by atoms with Crippen molar-refractivity contribution in [2.45, 2.75) is 32.1 Å². The van der Waals surface area contributed by atoms with E-state index < -0.39 is 10.8 Å². The maximum absolute atomic E-state index is 11.8. The number of hydrogen-bond donors (Lipinski definition) is 1. The molecule has 2 nitrogen and oxygen atoms in total. The molecule has 0 fully saturated rings. The van der Waals surface area contributed by atoms with E-state index in [4.69, 9.17) is 0 Å². The molecule has 1 unspecified atom stereocenters. The van der Waals surface area contributed by atoms with Gasteiger partial charge in [0, 0.05) is 38.9 Å². The van der Waals surface area contributed by atoms with Crippen molar-refractivity contribution in [2.24, 2.45) is 0 Å². The topological polar surface area (TPSA) is 29.1 Å². The Labute approximate surface area is 115 Å². The van der Waals surface area contributed by atoms with E-state index in [1.807, 2.05) is 39.0 Å². The molecule has 96 valence electrons. The van der Waals surface area contributed by atoms with E-state index >= 15 is 0 Å². The number of halogens is 1. The molecule has 0 aliphatic carbocycles. The average molecular weight is 318 g/mol. The van der Waals surface area contributed by atoms with Crippen molar-refractivity contribution in [1.82, 2.24) is 5.32 Å². The maximum Gasteiger partial charge on any atom is 0.0375 e. The zero-order valence-corrected chi connectivity index (χ0v) is 13.0. The molecule has 0 heterocycles. The van der Waals surface area contributed by atoms with Gasteiger partial charge in [-0.1, -0.05) is 34.1 Å². The van der Waals surface area contributed by atoms with Crippen LogP contribution < -0.4 is 5.32 Å². The molecule has 1 aromatic carbocycles. The van der Waals surface area contributed by atoms with Gasteiger partial charge in [0.05, 0.1) is 0 Å². The van der Waals surface area contributed by atoms with E-state index in [0.717, 1.165) is 17.6 Å². The monoisotopic (exact) mass is 317 g/mol. The molecule has 0 spiro atoms. The van der Waals surface area contributed by atoms with Crippen molar-refractivity contribution in [3.05, 3.63) is 34.3 Å². The van der Waals surface area contributed by atoms with Crippen LogP contribution in [0.3, 0.4) is 0 Å². The lowest BCUT2D eigenvalue weighted by molar-refractivity contribution is 0.640. The highest BCUT2D eigenvalue weighted by molar-refractivity contribution is 9.10. The fraction of sp³-hybridized carbons (Fsp3) is 0.538. The van der Waals surface area contributed by atoms with Gasteiger partial charge in [-0.15, -0.1) is 0 Å². The largest absolute Gasteiger partial charge is 0.312 e. The van der Waals surface area contributed by atoms with Crippen molar-refractivity contribution in [3.63, 3.8) is 0 Å². The van der Waals surface area contributed by atoms with E-state index in [1.54, 1.807) is 0 Å². The van der Waals surface area contributed by atoms with E-state index in [1.165, 1.54) is 5.56 Å². The fourth-order valence-corrected chi connectivity index (χ4v) is 2.70. The Balaban J connectivity index is 2.30. The number of rotatable bonds is 5. The molecular formula is C13H20BrNOS. The smallest absolute Gasteiger partial charge is 0.0375 e. The van der Waals surface area contributed by atoms with E-state index in [0.29, 0.717) is 5.75 Å². The van der Waals surface area contributed by atoms with Gasteiger partial charge in [0.1, 0.15) is 0 Å². The second-order valence-electron chi connectivity index (χ2n) is 4.93. The Morgan fingerprint density at radius 2 is 1.94 bits per heavy atom. The molecule has 0 saturated carbocycles. The summed E-state index contributed by atoms with van der Waals surface area (Å²) in [5.41, 5.74) is 1.23. The van der Waals surface area contributed by atoms with Crippen LogP contribution in [0, 0.1) is 0 Å². The second kappa shape index (κ2) is 6.66. The Morgan fingerprint density at radius 1 is 1.29 bits per heavy atom. The molecule has 17 heavy (non-hydrogen) atoms. The van der Waals surface area contributed by atoms with Crippen molar-refractivity contribution in [2.75, 3.05) is 12.3 Å². The van der Waals surface area contributed by atoms with Gasteiger partial charge in [0.15, 0.2) is 0 Å². The predicted octanol–water partition coefficient (Wildman–Crippen LogP) is 3.09. The van der Waals surface area contributed by atoms with Crippen molar-refractivity contribution < 1.29 is 4.21 Å². The van der Waals surface area contributed by atoms with Crippen LogP contribution in [0.2, 0.25) is 0 Å². The van der Waals surface area contributed by atoms with Crippen LogP contribution in [-0.4, -0.2) is 21.3 Å². The molecule has 0 amide bonds.